The summed E-state index contributed by atoms with van der Waals surface area (Å²) in [7, 11) is 0. The van der Waals surface area contributed by atoms with Crippen molar-refractivity contribution in [3.05, 3.63) is 76.2 Å². The fraction of sp³-hybridized carbons (Fsp3) is 0.308. The summed E-state index contributed by atoms with van der Waals surface area (Å²) < 4.78 is 11.5. The fourth-order valence-electron chi connectivity index (χ4n) is 4.04. The van der Waals surface area contributed by atoms with Gasteiger partial charge in [0, 0.05) is 17.0 Å². The molecule has 0 saturated heterocycles. The van der Waals surface area contributed by atoms with Gasteiger partial charge in [-0.15, -0.1) is 0 Å². The van der Waals surface area contributed by atoms with Gasteiger partial charge in [-0.1, -0.05) is 44.0 Å². The number of rotatable bonds is 9. The van der Waals surface area contributed by atoms with Crippen molar-refractivity contribution in [1.82, 2.24) is 4.90 Å². The molecule has 1 amide bonds. The number of amides is 1. The molecule has 7 heteroatoms. The first-order chi connectivity index (χ1) is 15.9. The van der Waals surface area contributed by atoms with Crippen LogP contribution < -0.4 is 4.74 Å². The maximum Gasteiger partial charge on any atom is 0.290 e. The summed E-state index contributed by atoms with van der Waals surface area (Å²) >= 11 is 6.05. The number of ketones is 1. The van der Waals surface area contributed by atoms with Crippen LogP contribution in [0.2, 0.25) is 5.02 Å². The van der Waals surface area contributed by atoms with E-state index in [-0.39, 0.29) is 11.3 Å². The lowest BCUT2D eigenvalue weighted by molar-refractivity contribution is -0.129. The monoisotopic (exact) mass is 467 g/mol. The molecule has 0 radical (unpaired) electrons. The second kappa shape index (κ2) is 9.71. The maximum absolute atomic E-state index is 13.5. The number of halogens is 1. The van der Waals surface area contributed by atoms with Crippen molar-refractivity contribution >= 4 is 34.3 Å². The molecule has 33 heavy (non-hydrogen) atoms. The van der Waals surface area contributed by atoms with Gasteiger partial charge in [-0.2, -0.15) is 0 Å². The van der Waals surface area contributed by atoms with Gasteiger partial charge in [-0.05, 0) is 54.8 Å². The number of furan rings is 1. The summed E-state index contributed by atoms with van der Waals surface area (Å²) in [5.74, 6) is -0.869. The van der Waals surface area contributed by atoms with E-state index < -0.39 is 23.5 Å². The fourth-order valence-corrected chi connectivity index (χ4v) is 4.22. The lowest BCUT2D eigenvalue weighted by atomic mass is 9.95. The zero-order valence-electron chi connectivity index (χ0n) is 18.6. The van der Waals surface area contributed by atoms with Crippen LogP contribution in [-0.4, -0.2) is 34.8 Å². The van der Waals surface area contributed by atoms with Gasteiger partial charge in [-0.3, -0.25) is 9.59 Å². The normalized spacial score (nSPS) is 16.2. The Hall–Kier alpha value is -3.25. The smallest absolute Gasteiger partial charge is 0.290 e. The third-order valence-electron chi connectivity index (χ3n) is 5.68. The average molecular weight is 468 g/mol. The molecule has 2 heterocycles. The van der Waals surface area contributed by atoms with Crippen LogP contribution in [-0.2, 0) is 4.79 Å². The summed E-state index contributed by atoms with van der Waals surface area (Å²) in [6, 6.07) is 13.2. The van der Waals surface area contributed by atoms with E-state index in [1.54, 1.807) is 24.3 Å². The summed E-state index contributed by atoms with van der Waals surface area (Å²) in [6.07, 6.45) is 2.68. The first-order valence-electron chi connectivity index (χ1n) is 11.1. The van der Waals surface area contributed by atoms with E-state index >= 15 is 0 Å². The first kappa shape index (κ1) is 22.9. The number of fused-ring (bicyclic) bond motifs is 1. The van der Waals surface area contributed by atoms with Crippen LogP contribution in [0, 0.1) is 0 Å². The van der Waals surface area contributed by atoms with Crippen LogP contribution in [0.5, 0.6) is 5.75 Å². The highest BCUT2D eigenvalue weighted by Gasteiger charge is 2.44. The standard InChI is InChI=1S/C26H26ClNO5/c1-3-5-13-32-19-9-6-16(7-10-19)23-22(25(30)26(31)28(23)12-4-2)24(29)21-15-17-14-18(27)8-11-20(17)33-21/h6-11,14-15,23,30H,3-5,12-13H2,1-2H3. The van der Waals surface area contributed by atoms with Crippen molar-refractivity contribution < 1.29 is 23.8 Å². The number of aliphatic hydroxyl groups excluding tert-OH is 1. The molecule has 172 valence electrons. The van der Waals surface area contributed by atoms with Gasteiger partial charge in [0.05, 0.1) is 18.2 Å². The van der Waals surface area contributed by atoms with E-state index in [0.29, 0.717) is 46.9 Å². The van der Waals surface area contributed by atoms with Crippen LogP contribution in [0.15, 0.2) is 64.3 Å². The predicted octanol–water partition coefficient (Wildman–Crippen LogP) is 6.25. The molecule has 1 atom stereocenters. The van der Waals surface area contributed by atoms with Crippen molar-refractivity contribution in [2.45, 2.75) is 39.2 Å². The summed E-state index contributed by atoms with van der Waals surface area (Å²) in [5.41, 5.74) is 1.23. The number of Topliss-reactive ketones (excluding diaryl/α,β-unsaturated/α-hetero) is 1. The van der Waals surface area contributed by atoms with Crippen LogP contribution in [0.1, 0.15) is 55.3 Å². The molecule has 1 aromatic heterocycles. The minimum atomic E-state index is -0.716. The number of aliphatic hydroxyl groups is 1. The molecule has 0 fully saturated rings. The van der Waals surface area contributed by atoms with E-state index in [1.807, 2.05) is 31.2 Å². The molecule has 1 aliphatic heterocycles. The average Bonchev–Trinajstić information content (AvgIpc) is 3.34. The highest BCUT2D eigenvalue weighted by atomic mass is 35.5. The first-order valence-corrected chi connectivity index (χ1v) is 11.5. The zero-order valence-corrected chi connectivity index (χ0v) is 19.4. The van der Waals surface area contributed by atoms with Crippen LogP contribution in [0.4, 0.5) is 0 Å². The Labute approximate surface area is 197 Å². The Kier molecular flexibility index (Phi) is 6.75. The summed E-state index contributed by atoms with van der Waals surface area (Å²) in [6.45, 7) is 5.06. The summed E-state index contributed by atoms with van der Waals surface area (Å²) in [5, 5.41) is 11.9. The minimum absolute atomic E-state index is 0.0123. The van der Waals surface area contributed by atoms with Gasteiger partial charge in [0.2, 0.25) is 5.78 Å². The topological polar surface area (TPSA) is 80.0 Å². The quantitative estimate of drug-likeness (QED) is 0.297. The maximum atomic E-state index is 13.5. The Bertz CT molecular complexity index is 1210. The van der Waals surface area contributed by atoms with Crippen LogP contribution in [0.25, 0.3) is 11.0 Å². The van der Waals surface area contributed by atoms with E-state index in [1.165, 1.54) is 4.90 Å². The number of carbonyl (C=O) groups is 2. The van der Waals surface area contributed by atoms with Crippen molar-refractivity contribution in [2.24, 2.45) is 0 Å². The Morgan fingerprint density at radius 1 is 1.12 bits per heavy atom. The molecular weight excluding hydrogens is 442 g/mol. The van der Waals surface area contributed by atoms with E-state index in [0.717, 1.165) is 12.8 Å². The zero-order chi connectivity index (χ0) is 23.5. The molecule has 0 bridgehead atoms. The van der Waals surface area contributed by atoms with Gasteiger partial charge in [0.15, 0.2) is 11.5 Å². The molecule has 4 rings (SSSR count). The highest BCUT2D eigenvalue weighted by molar-refractivity contribution is 6.31. The molecule has 1 unspecified atom stereocenters. The van der Waals surface area contributed by atoms with Crippen molar-refractivity contribution in [2.75, 3.05) is 13.2 Å². The molecular formula is C26H26ClNO5. The van der Waals surface area contributed by atoms with Crippen molar-refractivity contribution in [3.63, 3.8) is 0 Å². The second-order valence-electron chi connectivity index (χ2n) is 8.06. The molecule has 2 aromatic carbocycles. The number of benzene rings is 2. The number of ether oxygens (including phenoxy) is 1. The molecule has 1 aliphatic rings. The SMILES string of the molecule is CCCCOc1ccc(C2C(C(=O)c3cc4cc(Cl)ccc4o3)=C(O)C(=O)N2CCC)cc1. The second-order valence-corrected chi connectivity index (χ2v) is 8.49. The number of unbranched alkanes of at least 4 members (excludes halogenated alkanes) is 1. The van der Waals surface area contributed by atoms with Crippen molar-refractivity contribution in [3.8, 4) is 5.75 Å². The van der Waals surface area contributed by atoms with Crippen molar-refractivity contribution in [1.29, 1.82) is 0 Å². The highest BCUT2D eigenvalue weighted by Crippen LogP contribution is 2.40. The predicted molar refractivity (Wildman–Crippen MR) is 127 cm³/mol. The molecule has 6 nitrogen and oxygen atoms in total. The molecule has 0 spiro atoms. The number of carbonyl (C=O) groups excluding carboxylic acids is 2. The van der Waals surface area contributed by atoms with E-state index in [9.17, 15) is 14.7 Å². The Morgan fingerprint density at radius 2 is 1.88 bits per heavy atom. The third-order valence-corrected chi connectivity index (χ3v) is 5.91. The Morgan fingerprint density at radius 3 is 2.58 bits per heavy atom. The molecule has 0 saturated carbocycles. The minimum Gasteiger partial charge on any atom is -0.503 e. The number of hydrogen-bond acceptors (Lipinski definition) is 5. The lowest BCUT2D eigenvalue weighted by Gasteiger charge is -2.26. The number of nitrogens with zero attached hydrogens (tertiary/aromatic N) is 1. The molecule has 1 N–H and O–H groups in total. The van der Waals surface area contributed by atoms with Gasteiger partial charge in [-0.25, -0.2) is 0 Å². The Balaban J connectivity index is 1.70. The number of hydrogen-bond donors (Lipinski definition) is 1. The lowest BCUT2D eigenvalue weighted by Crippen LogP contribution is -2.31. The van der Waals surface area contributed by atoms with E-state index in [4.69, 9.17) is 20.8 Å². The van der Waals surface area contributed by atoms with Crippen LogP contribution >= 0.6 is 11.6 Å². The van der Waals surface area contributed by atoms with Crippen LogP contribution in [0.3, 0.4) is 0 Å². The molecule has 3 aromatic rings. The molecule has 0 aliphatic carbocycles. The van der Waals surface area contributed by atoms with Gasteiger partial charge in [0.1, 0.15) is 11.3 Å². The largest absolute Gasteiger partial charge is 0.503 e. The van der Waals surface area contributed by atoms with Gasteiger partial charge >= 0.3 is 0 Å². The van der Waals surface area contributed by atoms with E-state index in [2.05, 4.69) is 6.92 Å². The van der Waals surface area contributed by atoms with Gasteiger partial charge < -0.3 is 19.2 Å². The summed E-state index contributed by atoms with van der Waals surface area (Å²) in [4.78, 5) is 27.9. The third kappa shape index (κ3) is 4.48. The van der Waals surface area contributed by atoms with Gasteiger partial charge in [0.25, 0.3) is 5.91 Å².